The van der Waals surface area contributed by atoms with E-state index in [4.69, 9.17) is 4.84 Å². The van der Waals surface area contributed by atoms with Crippen molar-refractivity contribution in [2.24, 2.45) is 10.6 Å². The Balaban J connectivity index is 2.27. The van der Waals surface area contributed by atoms with Crippen molar-refractivity contribution in [3.05, 3.63) is 35.9 Å². The molecule has 0 fully saturated rings. The predicted octanol–water partition coefficient (Wildman–Crippen LogP) is 2.52. The molecule has 0 saturated carbocycles. The summed E-state index contributed by atoms with van der Waals surface area (Å²) in [5, 5.41) is 3.80. The van der Waals surface area contributed by atoms with Gasteiger partial charge < -0.3 is 9.63 Å². The Morgan fingerprint density at radius 3 is 2.53 bits per heavy atom. The molecule has 2 rings (SSSR count). The second kappa shape index (κ2) is 5.34. The summed E-state index contributed by atoms with van der Waals surface area (Å²) >= 11 is 0. The van der Waals surface area contributed by atoms with Crippen LogP contribution in [0.5, 0.6) is 0 Å². The van der Waals surface area contributed by atoms with Crippen LogP contribution < -0.4 is 0 Å². The van der Waals surface area contributed by atoms with E-state index in [1.807, 2.05) is 30.3 Å². The Bertz CT molecular complexity index is 521. The van der Waals surface area contributed by atoms with Gasteiger partial charge >= 0.3 is 5.97 Å². The molecule has 0 spiro atoms. The van der Waals surface area contributed by atoms with E-state index in [2.05, 4.69) is 5.16 Å². The van der Waals surface area contributed by atoms with Crippen LogP contribution >= 0.6 is 0 Å². The summed E-state index contributed by atoms with van der Waals surface area (Å²) in [5.41, 5.74) is 0.912. The van der Waals surface area contributed by atoms with Gasteiger partial charge in [-0.1, -0.05) is 35.5 Å². The van der Waals surface area contributed by atoms with E-state index >= 15 is 0 Å². The maximum Gasteiger partial charge on any atom is 0.347 e. The third-order valence-electron chi connectivity index (χ3n) is 3.60. The fourth-order valence-electron chi connectivity index (χ4n) is 2.34. The number of nitrogens with zero attached hydrogens (tertiary/aromatic N) is 1. The molecular weight excluding hydrogens is 242 g/mol. The first-order valence-corrected chi connectivity index (χ1v) is 6.34. The number of carbonyl (C=O) groups excluding carboxylic acids is 2. The number of hydrogen-bond acceptors (Lipinski definition) is 4. The van der Waals surface area contributed by atoms with Crippen LogP contribution in [0.3, 0.4) is 0 Å². The van der Waals surface area contributed by atoms with Crippen molar-refractivity contribution in [3.8, 4) is 0 Å². The molecule has 0 unspecified atom stereocenters. The first-order chi connectivity index (χ1) is 9.04. The van der Waals surface area contributed by atoms with Crippen LogP contribution in [0.4, 0.5) is 0 Å². The average Bonchev–Trinajstić information content (AvgIpc) is 2.66. The predicted molar refractivity (Wildman–Crippen MR) is 71.7 cm³/mol. The molecule has 1 aromatic rings. The molecular formula is C15H17NO3. The van der Waals surface area contributed by atoms with Crippen LogP contribution in [0.25, 0.3) is 0 Å². The molecule has 4 heteroatoms. The van der Waals surface area contributed by atoms with Crippen LogP contribution in [-0.4, -0.2) is 17.5 Å². The van der Waals surface area contributed by atoms with Gasteiger partial charge in [0.2, 0.25) is 0 Å². The highest BCUT2D eigenvalue weighted by atomic mass is 16.7. The van der Waals surface area contributed by atoms with Gasteiger partial charge in [-0.25, -0.2) is 4.79 Å². The number of ketones is 1. The molecule has 0 radical (unpaired) electrons. The molecule has 19 heavy (non-hydrogen) atoms. The van der Waals surface area contributed by atoms with Gasteiger partial charge in [-0.2, -0.15) is 0 Å². The monoisotopic (exact) mass is 259 g/mol. The molecule has 1 aromatic carbocycles. The van der Waals surface area contributed by atoms with Crippen molar-refractivity contribution in [1.29, 1.82) is 0 Å². The number of rotatable bonds is 5. The third-order valence-corrected chi connectivity index (χ3v) is 3.60. The molecule has 0 aliphatic carbocycles. The molecule has 0 aromatic heterocycles. The van der Waals surface area contributed by atoms with Gasteiger partial charge in [-0.05, 0) is 32.3 Å². The zero-order chi connectivity index (χ0) is 13.9. The van der Waals surface area contributed by atoms with E-state index < -0.39 is 5.41 Å². The summed E-state index contributed by atoms with van der Waals surface area (Å²) in [7, 11) is 0. The van der Waals surface area contributed by atoms with E-state index in [9.17, 15) is 9.59 Å². The van der Waals surface area contributed by atoms with Crippen LogP contribution in [-0.2, 0) is 20.8 Å². The minimum atomic E-state index is -0.785. The molecule has 0 N–H and O–H groups in total. The summed E-state index contributed by atoms with van der Waals surface area (Å²) in [5.74, 6) is -0.282. The van der Waals surface area contributed by atoms with Gasteiger partial charge in [0, 0.05) is 6.42 Å². The summed E-state index contributed by atoms with van der Waals surface area (Å²) in [6.07, 6.45) is 1.33. The van der Waals surface area contributed by atoms with Gasteiger partial charge in [-0.15, -0.1) is 0 Å². The maximum absolute atomic E-state index is 12.1. The Labute approximate surface area is 112 Å². The zero-order valence-corrected chi connectivity index (χ0v) is 11.2. The maximum atomic E-state index is 12.1. The molecule has 1 atom stereocenters. The summed E-state index contributed by atoms with van der Waals surface area (Å²) in [6.45, 7) is 3.32. The fourth-order valence-corrected chi connectivity index (χ4v) is 2.34. The van der Waals surface area contributed by atoms with Crippen LogP contribution in [0.2, 0.25) is 0 Å². The van der Waals surface area contributed by atoms with Crippen LogP contribution in [0.1, 0.15) is 32.3 Å². The molecule has 0 amide bonds. The first-order valence-electron chi connectivity index (χ1n) is 6.34. The van der Waals surface area contributed by atoms with E-state index in [1.165, 1.54) is 6.92 Å². The lowest BCUT2D eigenvalue weighted by molar-refractivity contribution is -0.148. The van der Waals surface area contributed by atoms with Crippen LogP contribution in [0.15, 0.2) is 35.5 Å². The van der Waals surface area contributed by atoms with Gasteiger partial charge in [0.25, 0.3) is 0 Å². The number of oxime groups is 1. The lowest BCUT2D eigenvalue weighted by Gasteiger charge is -2.24. The van der Waals surface area contributed by atoms with Gasteiger partial charge in [0.05, 0.1) is 5.71 Å². The molecule has 1 aliphatic rings. The molecule has 1 heterocycles. The van der Waals surface area contributed by atoms with Crippen LogP contribution in [0, 0.1) is 5.41 Å². The topological polar surface area (TPSA) is 55.7 Å². The fraction of sp³-hybridized carbons (Fsp3) is 0.400. The molecule has 4 nitrogen and oxygen atoms in total. The highest BCUT2D eigenvalue weighted by Crippen LogP contribution is 2.36. The van der Waals surface area contributed by atoms with Crippen molar-refractivity contribution >= 4 is 17.5 Å². The highest BCUT2D eigenvalue weighted by Gasteiger charge is 2.47. The molecule has 0 bridgehead atoms. The molecule has 0 saturated heterocycles. The first kappa shape index (κ1) is 13.5. The largest absolute Gasteiger partial charge is 0.347 e. The number of hydrogen-bond donors (Lipinski definition) is 0. The van der Waals surface area contributed by atoms with Crippen molar-refractivity contribution < 1.29 is 14.4 Å². The number of Topliss-reactive ketones (excluding diaryl/α,β-unsaturated/α-hetero) is 1. The third kappa shape index (κ3) is 2.72. The van der Waals surface area contributed by atoms with Crippen molar-refractivity contribution in [3.63, 3.8) is 0 Å². The smallest absolute Gasteiger partial charge is 0.317 e. The second-order valence-corrected chi connectivity index (χ2v) is 5.00. The Hall–Kier alpha value is -1.97. The lowest BCUT2D eigenvalue weighted by atomic mass is 9.74. The van der Waals surface area contributed by atoms with Crippen molar-refractivity contribution in [1.82, 2.24) is 0 Å². The lowest BCUT2D eigenvalue weighted by Crippen LogP contribution is -2.37. The summed E-state index contributed by atoms with van der Waals surface area (Å²) < 4.78 is 0. The summed E-state index contributed by atoms with van der Waals surface area (Å²) in [6, 6.07) is 9.73. The Morgan fingerprint density at radius 1 is 1.32 bits per heavy atom. The SMILES string of the molecule is CC(=O)CC[C@@]1(Cc2ccccc2)C(=O)ON=C1C. The van der Waals surface area contributed by atoms with Gasteiger partial charge in [0.1, 0.15) is 11.2 Å². The van der Waals surface area contributed by atoms with E-state index in [0.717, 1.165) is 5.56 Å². The number of benzene rings is 1. The van der Waals surface area contributed by atoms with E-state index in [1.54, 1.807) is 6.92 Å². The highest BCUT2D eigenvalue weighted by molar-refractivity contribution is 6.08. The normalized spacial score (nSPS) is 22.0. The van der Waals surface area contributed by atoms with Crippen molar-refractivity contribution in [2.45, 2.75) is 33.1 Å². The standard InChI is InChI=1S/C15H17NO3/c1-11(17)8-9-15(12(2)16-19-14(15)18)10-13-6-4-3-5-7-13/h3-7H,8-10H2,1-2H3/t15-/m0/s1. The Kier molecular flexibility index (Phi) is 3.79. The van der Waals surface area contributed by atoms with E-state index in [-0.39, 0.29) is 11.8 Å². The van der Waals surface area contributed by atoms with Crippen molar-refractivity contribution in [2.75, 3.05) is 0 Å². The average molecular weight is 259 g/mol. The van der Waals surface area contributed by atoms with Gasteiger partial charge in [-0.3, -0.25) is 0 Å². The Morgan fingerprint density at radius 2 is 2.00 bits per heavy atom. The van der Waals surface area contributed by atoms with E-state index in [0.29, 0.717) is 25.0 Å². The minimum absolute atomic E-state index is 0.0694. The zero-order valence-electron chi connectivity index (χ0n) is 11.2. The van der Waals surface area contributed by atoms with Gasteiger partial charge in [0.15, 0.2) is 0 Å². The minimum Gasteiger partial charge on any atom is -0.317 e. The molecule has 100 valence electrons. The molecule has 1 aliphatic heterocycles. The quantitative estimate of drug-likeness (QED) is 0.763. The summed E-state index contributed by atoms with van der Waals surface area (Å²) in [4.78, 5) is 28.1. The second-order valence-electron chi connectivity index (χ2n) is 5.00. The number of carbonyl (C=O) groups is 2.